The van der Waals surface area contributed by atoms with Crippen molar-refractivity contribution in [3.05, 3.63) is 107 Å². The van der Waals surface area contributed by atoms with Crippen molar-refractivity contribution < 1.29 is 19.6 Å². The summed E-state index contributed by atoms with van der Waals surface area (Å²) in [6.07, 6.45) is 4.99. The van der Waals surface area contributed by atoms with Crippen LogP contribution in [0.5, 0.6) is 0 Å². The van der Waals surface area contributed by atoms with Crippen LogP contribution >= 0.6 is 0 Å². The molecule has 8 nitrogen and oxygen atoms in total. The van der Waals surface area contributed by atoms with E-state index in [1.54, 1.807) is 59.6 Å². The summed E-state index contributed by atoms with van der Waals surface area (Å²) in [6.45, 7) is 0.644. The van der Waals surface area contributed by atoms with Crippen molar-refractivity contribution in [2.45, 2.75) is 13.0 Å². The van der Waals surface area contributed by atoms with E-state index in [2.05, 4.69) is 10.3 Å². The molecule has 0 atom stereocenters. The van der Waals surface area contributed by atoms with Crippen LogP contribution in [0, 0.1) is 0 Å². The van der Waals surface area contributed by atoms with Crippen molar-refractivity contribution in [2.24, 2.45) is 0 Å². The van der Waals surface area contributed by atoms with Crippen molar-refractivity contribution in [3.8, 4) is 0 Å². The number of hydrogen-bond donors (Lipinski definition) is 3. The fourth-order valence-corrected chi connectivity index (χ4v) is 3.05. The lowest BCUT2D eigenvalue weighted by molar-refractivity contribution is -0.124. The number of carbonyl (C=O) groups excluding carboxylic acids is 3. The molecule has 0 saturated heterocycles. The molecule has 0 aliphatic heterocycles. The molecule has 0 spiro atoms. The van der Waals surface area contributed by atoms with Crippen LogP contribution in [0.1, 0.15) is 27.2 Å². The number of rotatable bonds is 8. The molecular formula is C25H24N4O4. The number of hydrogen-bond acceptors (Lipinski definition) is 5. The molecule has 3 rings (SSSR count). The molecular weight excluding hydrogens is 420 g/mol. The van der Waals surface area contributed by atoms with Crippen LogP contribution in [-0.2, 0) is 17.8 Å². The number of urea groups is 1. The van der Waals surface area contributed by atoms with Gasteiger partial charge in [0.1, 0.15) is 0 Å². The summed E-state index contributed by atoms with van der Waals surface area (Å²) >= 11 is 0. The lowest BCUT2D eigenvalue weighted by Gasteiger charge is -2.23. The van der Waals surface area contributed by atoms with Gasteiger partial charge in [0, 0.05) is 43.0 Å². The van der Waals surface area contributed by atoms with Gasteiger partial charge in [-0.05, 0) is 41.5 Å². The van der Waals surface area contributed by atoms with Gasteiger partial charge in [0.2, 0.25) is 0 Å². The topological polar surface area (TPSA) is 112 Å². The van der Waals surface area contributed by atoms with Crippen molar-refractivity contribution >= 4 is 23.9 Å². The Kier molecular flexibility index (Phi) is 8.44. The van der Waals surface area contributed by atoms with E-state index in [0.29, 0.717) is 18.5 Å². The highest BCUT2D eigenvalue weighted by molar-refractivity contribution is 6.04. The maximum Gasteiger partial charge on any atom is 0.324 e. The zero-order valence-corrected chi connectivity index (χ0v) is 17.8. The second-order valence-electron chi connectivity index (χ2n) is 7.17. The molecule has 2 aromatic carbocycles. The average molecular weight is 444 g/mol. The molecule has 33 heavy (non-hydrogen) atoms. The first kappa shape index (κ1) is 23.4. The monoisotopic (exact) mass is 444 g/mol. The van der Waals surface area contributed by atoms with Gasteiger partial charge in [-0.1, -0.05) is 48.5 Å². The summed E-state index contributed by atoms with van der Waals surface area (Å²) in [5.41, 5.74) is 4.38. The molecule has 3 N–H and O–H groups in total. The van der Waals surface area contributed by atoms with Crippen molar-refractivity contribution in [1.82, 2.24) is 20.7 Å². The Hall–Kier alpha value is -4.30. The Morgan fingerprint density at radius 2 is 1.67 bits per heavy atom. The third-order valence-electron chi connectivity index (χ3n) is 4.80. The quantitative estimate of drug-likeness (QED) is 0.281. The highest BCUT2D eigenvalue weighted by Crippen LogP contribution is 2.11. The number of amides is 4. The Morgan fingerprint density at radius 1 is 0.939 bits per heavy atom. The SMILES string of the molecule is O=C(/C=C/c1ccc(CN(CCc2ccccn2)C(=O)NC(=O)c2ccccc2)cc1)NO. The summed E-state index contributed by atoms with van der Waals surface area (Å²) in [5, 5.41) is 11.0. The number of nitrogens with zero attached hydrogens (tertiary/aromatic N) is 2. The first-order valence-electron chi connectivity index (χ1n) is 10.3. The number of benzene rings is 2. The Bertz CT molecular complexity index is 1100. The van der Waals surface area contributed by atoms with Crippen molar-refractivity contribution in [3.63, 3.8) is 0 Å². The summed E-state index contributed by atoms with van der Waals surface area (Å²) in [4.78, 5) is 42.3. The van der Waals surface area contributed by atoms with Gasteiger partial charge in [-0.2, -0.15) is 0 Å². The summed E-state index contributed by atoms with van der Waals surface area (Å²) < 4.78 is 0. The zero-order valence-electron chi connectivity index (χ0n) is 17.8. The first-order chi connectivity index (χ1) is 16.0. The van der Waals surface area contributed by atoms with Crippen LogP contribution in [-0.4, -0.2) is 39.5 Å². The van der Waals surface area contributed by atoms with Gasteiger partial charge < -0.3 is 4.90 Å². The van der Waals surface area contributed by atoms with E-state index in [-0.39, 0.29) is 6.54 Å². The molecule has 1 aromatic heterocycles. The third kappa shape index (κ3) is 7.41. The molecule has 0 fully saturated rings. The maximum absolute atomic E-state index is 12.9. The highest BCUT2D eigenvalue weighted by Gasteiger charge is 2.18. The van der Waals surface area contributed by atoms with E-state index in [0.717, 1.165) is 16.8 Å². The lowest BCUT2D eigenvalue weighted by Crippen LogP contribution is -2.43. The van der Waals surface area contributed by atoms with E-state index in [9.17, 15) is 14.4 Å². The minimum absolute atomic E-state index is 0.280. The van der Waals surface area contributed by atoms with Crippen molar-refractivity contribution in [2.75, 3.05) is 6.54 Å². The van der Waals surface area contributed by atoms with Gasteiger partial charge >= 0.3 is 6.03 Å². The summed E-state index contributed by atoms with van der Waals surface area (Å²) in [7, 11) is 0. The minimum atomic E-state index is -0.625. The molecule has 0 unspecified atom stereocenters. The Labute approximate surface area is 191 Å². The van der Waals surface area contributed by atoms with E-state index in [4.69, 9.17) is 5.21 Å². The average Bonchev–Trinajstić information content (AvgIpc) is 2.86. The van der Waals surface area contributed by atoms with Crippen LogP contribution in [0.15, 0.2) is 85.1 Å². The van der Waals surface area contributed by atoms with Gasteiger partial charge in [-0.25, -0.2) is 10.3 Å². The molecule has 0 aliphatic rings. The number of aromatic nitrogens is 1. The largest absolute Gasteiger partial charge is 0.324 e. The fourth-order valence-electron chi connectivity index (χ4n) is 3.05. The molecule has 168 valence electrons. The van der Waals surface area contributed by atoms with E-state index in [1.165, 1.54) is 11.6 Å². The molecule has 4 amide bonds. The summed E-state index contributed by atoms with van der Waals surface area (Å²) in [6, 6.07) is 20.9. The maximum atomic E-state index is 12.9. The van der Waals surface area contributed by atoms with Crippen LogP contribution < -0.4 is 10.8 Å². The Morgan fingerprint density at radius 3 is 2.33 bits per heavy atom. The molecule has 0 saturated carbocycles. The van der Waals surface area contributed by atoms with Crippen molar-refractivity contribution in [1.29, 1.82) is 0 Å². The molecule has 3 aromatic rings. The number of imide groups is 1. The zero-order chi connectivity index (χ0) is 23.5. The predicted molar refractivity (Wildman–Crippen MR) is 123 cm³/mol. The van der Waals surface area contributed by atoms with Gasteiger partial charge in [-0.15, -0.1) is 0 Å². The van der Waals surface area contributed by atoms with E-state index < -0.39 is 17.8 Å². The summed E-state index contributed by atoms with van der Waals surface area (Å²) in [5.74, 6) is -1.09. The van der Waals surface area contributed by atoms with Gasteiger partial charge in [0.05, 0.1) is 0 Å². The van der Waals surface area contributed by atoms with Crippen LogP contribution in [0.2, 0.25) is 0 Å². The van der Waals surface area contributed by atoms with E-state index in [1.807, 2.05) is 30.3 Å². The fraction of sp³-hybridized carbons (Fsp3) is 0.120. The van der Waals surface area contributed by atoms with E-state index >= 15 is 0 Å². The van der Waals surface area contributed by atoms with Crippen LogP contribution in [0.3, 0.4) is 0 Å². The van der Waals surface area contributed by atoms with Gasteiger partial charge in [-0.3, -0.25) is 25.1 Å². The molecule has 0 bridgehead atoms. The number of carbonyl (C=O) groups is 3. The number of nitrogens with one attached hydrogen (secondary N) is 2. The Balaban J connectivity index is 1.70. The molecule has 8 heteroatoms. The highest BCUT2D eigenvalue weighted by atomic mass is 16.5. The minimum Gasteiger partial charge on any atom is -0.320 e. The molecule has 0 aliphatic carbocycles. The third-order valence-corrected chi connectivity index (χ3v) is 4.80. The normalized spacial score (nSPS) is 10.6. The van der Waals surface area contributed by atoms with Gasteiger partial charge in [0.25, 0.3) is 11.8 Å². The van der Waals surface area contributed by atoms with Crippen LogP contribution in [0.4, 0.5) is 4.79 Å². The number of hydroxylamine groups is 1. The predicted octanol–water partition coefficient (Wildman–Crippen LogP) is 3.19. The number of pyridine rings is 1. The second-order valence-corrected chi connectivity index (χ2v) is 7.17. The molecule has 0 radical (unpaired) electrons. The lowest BCUT2D eigenvalue weighted by atomic mass is 10.1. The van der Waals surface area contributed by atoms with Gasteiger partial charge in [0.15, 0.2) is 0 Å². The molecule has 1 heterocycles. The second kappa shape index (κ2) is 11.9. The standard InChI is InChI=1S/C25H24N4O4/c30-23(28-33)14-13-19-9-11-20(12-10-19)18-29(17-15-22-8-4-5-16-26-22)25(32)27-24(31)21-6-2-1-3-7-21/h1-14,16,33H,15,17-18H2,(H,28,30)(H,27,31,32)/b14-13+. The first-order valence-corrected chi connectivity index (χ1v) is 10.3. The smallest absolute Gasteiger partial charge is 0.320 e. The van der Waals surface area contributed by atoms with Crippen LogP contribution in [0.25, 0.3) is 6.08 Å².